The zero-order valence-corrected chi connectivity index (χ0v) is 13.8. The molecule has 0 saturated heterocycles. The summed E-state index contributed by atoms with van der Waals surface area (Å²) in [6.45, 7) is 0.114. The second-order valence-corrected chi connectivity index (χ2v) is 5.31. The first-order valence-corrected chi connectivity index (χ1v) is 7.38. The first-order valence-electron chi connectivity index (χ1n) is 7.38. The molecule has 0 aliphatic rings. The van der Waals surface area contributed by atoms with Crippen molar-refractivity contribution in [2.45, 2.75) is 19.6 Å². The Labute approximate surface area is 149 Å². The van der Waals surface area contributed by atoms with Crippen LogP contribution in [0.25, 0.3) is 0 Å². The van der Waals surface area contributed by atoms with Gasteiger partial charge in [0.1, 0.15) is 6.54 Å². The number of hydrogen-bond acceptors (Lipinski definition) is 6. The second-order valence-electron chi connectivity index (χ2n) is 5.31. The van der Waals surface area contributed by atoms with Gasteiger partial charge in [-0.2, -0.15) is 18.3 Å². The van der Waals surface area contributed by atoms with Gasteiger partial charge in [0, 0.05) is 12.3 Å². The molecule has 1 aromatic heterocycles. The third-order valence-corrected chi connectivity index (χ3v) is 3.36. The monoisotopic (exact) mass is 386 g/mol. The predicted molar refractivity (Wildman–Crippen MR) is 84.7 cm³/mol. The van der Waals surface area contributed by atoms with Crippen molar-refractivity contribution in [2.75, 3.05) is 11.9 Å². The number of benzene rings is 1. The average molecular weight is 386 g/mol. The molecule has 0 bridgehead atoms. The molecule has 2 aromatic rings. The topological polar surface area (TPSA) is 116 Å². The van der Waals surface area contributed by atoms with Crippen molar-refractivity contribution in [2.24, 2.45) is 0 Å². The molecule has 0 fully saturated rings. The Kier molecular flexibility index (Phi) is 5.78. The minimum absolute atomic E-state index is 0.173. The standard InChI is InChI=1S/C15H13F3N4O5/c1-9-10(3-2-4-11(9)22(25)26)19-13(23)8-27-14(24)7-21-6-5-12(20-21)15(16,17)18/h2-6H,7-8H2,1H3,(H,19,23). The molecule has 1 aromatic carbocycles. The van der Waals surface area contributed by atoms with E-state index in [2.05, 4.69) is 15.2 Å². The van der Waals surface area contributed by atoms with Crippen LogP contribution in [0, 0.1) is 17.0 Å². The number of halogens is 3. The van der Waals surface area contributed by atoms with Crippen molar-refractivity contribution >= 4 is 23.3 Å². The van der Waals surface area contributed by atoms with Gasteiger partial charge in [0.05, 0.1) is 16.2 Å². The number of nitro groups is 1. The normalized spacial score (nSPS) is 11.1. The van der Waals surface area contributed by atoms with Crippen LogP contribution >= 0.6 is 0 Å². The van der Waals surface area contributed by atoms with E-state index in [1.54, 1.807) is 0 Å². The van der Waals surface area contributed by atoms with Crippen LogP contribution in [-0.4, -0.2) is 33.2 Å². The Morgan fingerprint density at radius 2 is 2.04 bits per heavy atom. The summed E-state index contributed by atoms with van der Waals surface area (Å²) in [5, 5.41) is 16.4. The molecule has 1 amide bonds. The lowest BCUT2D eigenvalue weighted by atomic mass is 10.1. The van der Waals surface area contributed by atoms with Gasteiger partial charge >= 0.3 is 12.1 Å². The second kappa shape index (κ2) is 7.85. The number of amides is 1. The number of aromatic nitrogens is 2. The number of carbonyl (C=O) groups excluding carboxylic acids is 2. The minimum Gasteiger partial charge on any atom is -0.454 e. The summed E-state index contributed by atoms with van der Waals surface area (Å²) in [5.74, 6) is -1.74. The number of nitro benzene ring substituents is 1. The van der Waals surface area contributed by atoms with Crippen LogP contribution in [0.5, 0.6) is 0 Å². The smallest absolute Gasteiger partial charge is 0.435 e. The maximum Gasteiger partial charge on any atom is 0.435 e. The average Bonchev–Trinajstić information content (AvgIpc) is 3.03. The minimum atomic E-state index is -4.63. The van der Waals surface area contributed by atoms with Gasteiger partial charge < -0.3 is 10.1 Å². The van der Waals surface area contributed by atoms with E-state index in [-0.39, 0.29) is 16.9 Å². The van der Waals surface area contributed by atoms with Crippen LogP contribution in [0.15, 0.2) is 30.5 Å². The van der Waals surface area contributed by atoms with E-state index in [4.69, 9.17) is 0 Å². The highest BCUT2D eigenvalue weighted by molar-refractivity contribution is 5.93. The van der Waals surface area contributed by atoms with Crippen molar-refractivity contribution < 1.29 is 32.4 Å². The highest BCUT2D eigenvalue weighted by Gasteiger charge is 2.33. The maximum atomic E-state index is 12.4. The number of anilines is 1. The fraction of sp³-hybridized carbons (Fsp3) is 0.267. The third kappa shape index (κ3) is 5.26. The lowest BCUT2D eigenvalue weighted by Gasteiger charge is -2.09. The molecule has 0 aliphatic carbocycles. The van der Waals surface area contributed by atoms with E-state index in [0.717, 1.165) is 10.9 Å². The van der Waals surface area contributed by atoms with Gasteiger partial charge in [-0.1, -0.05) is 6.07 Å². The molecule has 0 aliphatic heterocycles. The summed E-state index contributed by atoms with van der Waals surface area (Å²) in [6.07, 6.45) is -3.68. The first kappa shape index (κ1) is 19.9. The Hall–Kier alpha value is -3.44. The van der Waals surface area contributed by atoms with E-state index < -0.39 is 41.8 Å². The number of esters is 1. The fourth-order valence-corrected chi connectivity index (χ4v) is 2.07. The molecule has 0 spiro atoms. The Bertz CT molecular complexity index is 879. The zero-order chi connectivity index (χ0) is 20.2. The highest BCUT2D eigenvalue weighted by atomic mass is 19.4. The molecule has 2 rings (SSSR count). The van der Waals surface area contributed by atoms with Gasteiger partial charge in [0.2, 0.25) is 0 Å². The number of hydrogen-bond donors (Lipinski definition) is 1. The first-order chi connectivity index (χ1) is 12.6. The summed E-state index contributed by atoms with van der Waals surface area (Å²) >= 11 is 0. The molecular weight excluding hydrogens is 373 g/mol. The molecule has 27 heavy (non-hydrogen) atoms. The van der Waals surface area contributed by atoms with Gasteiger partial charge in [0.25, 0.3) is 11.6 Å². The quantitative estimate of drug-likeness (QED) is 0.463. The fourth-order valence-electron chi connectivity index (χ4n) is 2.07. The summed E-state index contributed by atoms with van der Waals surface area (Å²) in [6, 6.07) is 4.78. The van der Waals surface area contributed by atoms with Crippen LogP contribution in [0.1, 0.15) is 11.3 Å². The van der Waals surface area contributed by atoms with Crippen LogP contribution in [0.3, 0.4) is 0 Å². The third-order valence-electron chi connectivity index (χ3n) is 3.36. The van der Waals surface area contributed by atoms with E-state index in [1.165, 1.54) is 25.1 Å². The van der Waals surface area contributed by atoms with E-state index >= 15 is 0 Å². The van der Waals surface area contributed by atoms with Gasteiger partial charge in [-0.25, -0.2) is 0 Å². The van der Waals surface area contributed by atoms with Crippen LogP contribution in [-0.2, 0) is 27.0 Å². The van der Waals surface area contributed by atoms with Crippen LogP contribution in [0.4, 0.5) is 24.5 Å². The Balaban J connectivity index is 1.89. The van der Waals surface area contributed by atoms with Crippen molar-refractivity contribution in [3.8, 4) is 0 Å². The largest absolute Gasteiger partial charge is 0.454 e. The highest BCUT2D eigenvalue weighted by Crippen LogP contribution is 2.27. The van der Waals surface area contributed by atoms with Crippen LogP contribution in [0.2, 0.25) is 0 Å². The summed E-state index contributed by atoms with van der Waals surface area (Å²) < 4.78 is 42.7. The molecule has 1 heterocycles. The Morgan fingerprint density at radius 1 is 1.33 bits per heavy atom. The van der Waals surface area contributed by atoms with Crippen molar-refractivity contribution in [1.29, 1.82) is 0 Å². The van der Waals surface area contributed by atoms with Crippen molar-refractivity contribution in [3.63, 3.8) is 0 Å². The number of alkyl halides is 3. The lowest BCUT2D eigenvalue weighted by molar-refractivity contribution is -0.385. The molecule has 0 unspecified atom stereocenters. The van der Waals surface area contributed by atoms with Gasteiger partial charge in [0.15, 0.2) is 12.3 Å². The number of carbonyl (C=O) groups is 2. The van der Waals surface area contributed by atoms with Crippen LogP contribution < -0.4 is 5.32 Å². The Morgan fingerprint density at radius 3 is 2.63 bits per heavy atom. The molecule has 9 nitrogen and oxygen atoms in total. The number of ether oxygens (including phenoxy) is 1. The number of nitrogens with zero attached hydrogens (tertiary/aromatic N) is 3. The van der Waals surface area contributed by atoms with Gasteiger partial charge in [-0.3, -0.25) is 24.4 Å². The molecule has 0 radical (unpaired) electrons. The predicted octanol–water partition coefficient (Wildman–Crippen LogP) is 2.30. The summed E-state index contributed by atoms with van der Waals surface area (Å²) in [5.41, 5.74) is -0.955. The van der Waals surface area contributed by atoms with E-state index in [1.807, 2.05) is 0 Å². The molecule has 0 atom stereocenters. The molecule has 12 heteroatoms. The van der Waals surface area contributed by atoms with Gasteiger partial charge in [-0.05, 0) is 19.1 Å². The van der Waals surface area contributed by atoms with E-state index in [0.29, 0.717) is 6.07 Å². The summed E-state index contributed by atoms with van der Waals surface area (Å²) in [7, 11) is 0. The molecule has 0 saturated carbocycles. The lowest BCUT2D eigenvalue weighted by Crippen LogP contribution is -2.23. The maximum absolute atomic E-state index is 12.4. The zero-order valence-electron chi connectivity index (χ0n) is 13.8. The van der Waals surface area contributed by atoms with Crippen molar-refractivity contribution in [3.05, 3.63) is 51.8 Å². The number of rotatable bonds is 6. The molecular formula is C15H13F3N4O5. The summed E-state index contributed by atoms with van der Waals surface area (Å²) in [4.78, 5) is 33.7. The molecule has 1 N–H and O–H groups in total. The number of nitrogens with one attached hydrogen (secondary N) is 1. The SMILES string of the molecule is Cc1c(NC(=O)COC(=O)Cn2ccc(C(F)(F)F)n2)cccc1[N+](=O)[O-]. The van der Waals surface area contributed by atoms with Gasteiger partial charge in [-0.15, -0.1) is 0 Å². The molecule has 144 valence electrons. The van der Waals surface area contributed by atoms with E-state index in [9.17, 15) is 32.9 Å². The van der Waals surface area contributed by atoms with Crippen molar-refractivity contribution in [1.82, 2.24) is 9.78 Å².